The van der Waals surface area contributed by atoms with Crippen LogP contribution in [0.3, 0.4) is 0 Å². The van der Waals surface area contributed by atoms with E-state index in [9.17, 15) is 0 Å². The molecule has 0 aliphatic rings. The van der Waals surface area contributed by atoms with Crippen LogP contribution in [0.15, 0.2) is 22.7 Å². The number of hydrogen-bond donors (Lipinski definition) is 1. The molecule has 0 amide bonds. The lowest BCUT2D eigenvalue weighted by molar-refractivity contribution is 0.287. The van der Waals surface area contributed by atoms with Gasteiger partial charge in [0.2, 0.25) is 0 Å². The van der Waals surface area contributed by atoms with Gasteiger partial charge in [0.1, 0.15) is 0 Å². The Kier molecular flexibility index (Phi) is 5.61. The first-order chi connectivity index (χ1) is 7.17. The molecule has 0 radical (unpaired) electrons. The highest BCUT2D eigenvalue weighted by Crippen LogP contribution is 2.22. The first kappa shape index (κ1) is 13.0. The Labute approximate surface area is 105 Å². The van der Waals surface area contributed by atoms with Crippen molar-refractivity contribution in [1.29, 1.82) is 0 Å². The number of hydrogen-bond acceptors (Lipinski definition) is 2. The molecule has 84 valence electrons. The van der Waals surface area contributed by atoms with E-state index in [0.717, 1.165) is 29.1 Å². The third-order valence-electron chi connectivity index (χ3n) is 2.29. The number of nitrogens with two attached hydrogens (primary N) is 1. The average Bonchev–Trinajstić information content (AvgIpc) is 2.22. The fourth-order valence-corrected chi connectivity index (χ4v) is 2.00. The second-order valence-corrected chi connectivity index (χ2v) is 4.68. The zero-order chi connectivity index (χ0) is 11.3. The number of benzene rings is 1. The fraction of sp³-hybridized carbons (Fsp3) is 0.455. The minimum Gasteiger partial charge on any atom is -0.329 e. The van der Waals surface area contributed by atoms with E-state index in [1.54, 1.807) is 0 Å². The van der Waals surface area contributed by atoms with Crippen molar-refractivity contribution in [3.05, 3.63) is 33.3 Å². The van der Waals surface area contributed by atoms with Gasteiger partial charge in [-0.2, -0.15) is 0 Å². The highest BCUT2D eigenvalue weighted by molar-refractivity contribution is 9.10. The molecule has 0 aliphatic heterocycles. The molecule has 0 bridgehead atoms. The summed E-state index contributed by atoms with van der Waals surface area (Å²) in [6, 6.07) is 5.85. The van der Waals surface area contributed by atoms with E-state index < -0.39 is 0 Å². The van der Waals surface area contributed by atoms with Crippen molar-refractivity contribution in [1.82, 2.24) is 4.90 Å². The Morgan fingerprint density at radius 1 is 1.47 bits per heavy atom. The molecule has 0 atom stereocenters. The maximum atomic E-state index is 5.96. The van der Waals surface area contributed by atoms with Crippen LogP contribution < -0.4 is 5.73 Å². The van der Waals surface area contributed by atoms with Crippen LogP contribution in [0.1, 0.15) is 12.5 Å². The number of likely N-dealkylation sites (N-methyl/N-ethyl adjacent to an activating group) is 1. The molecule has 1 aromatic rings. The summed E-state index contributed by atoms with van der Waals surface area (Å²) >= 11 is 9.48. The van der Waals surface area contributed by atoms with Crippen LogP contribution in [-0.2, 0) is 6.54 Å². The van der Waals surface area contributed by atoms with Gasteiger partial charge in [0.25, 0.3) is 0 Å². The average molecular weight is 292 g/mol. The molecular formula is C11H16BrClN2. The predicted molar refractivity (Wildman–Crippen MR) is 69.2 cm³/mol. The van der Waals surface area contributed by atoms with Crippen molar-refractivity contribution in [2.24, 2.45) is 5.73 Å². The Bertz CT molecular complexity index is 317. The zero-order valence-corrected chi connectivity index (χ0v) is 11.2. The SMILES string of the molecule is CCN(CCN)Cc1cc(Cl)ccc1Br. The zero-order valence-electron chi connectivity index (χ0n) is 8.84. The van der Waals surface area contributed by atoms with Crippen LogP contribution in [0.5, 0.6) is 0 Å². The molecule has 0 aromatic heterocycles. The quantitative estimate of drug-likeness (QED) is 0.904. The molecule has 15 heavy (non-hydrogen) atoms. The van der Waals surface area contributed by atoms with Crippen LogP contribution >= 0.6 is 27.5 Å². The lowest BCUT2D eigenvalue weighted by atomic mass is 10.2. The summed E-state index contributed by atoms with van der Waals surface area (Å²) in [5.41, 5.74) is 6.75. The molecule has 2 nitrogen and oxygen atoms in total. The molecule has 0 unspecified atom stereocenters. The molecule has 1 aromatic carbocycles. The molecule has 1 rings (SSSR count). The smallest absolute Gasteiger partial charge is 0.0410 e. The topological polar surface area (TPSA) is 29.3 Å². The molecule has 0 saturated heterocycles. The van der Waals surface area contributed by atoms with Crippen LogP contribution in [0.2, 0.25) is 5.02 Å². The minimum absolute atomic E-state index is 0.687. The van der Waals surface area contributed by atoms with Crippen molar-refractivity contribution in [2.45, 2.75) is 13.5 Å². The summed E-state index contributed by atoms with van der Waals surface area (Å²) < 4.78 is 1.10. The Morgan fingerprint density at radius 2 is 2.20 bits per heavy atom. The van der Waals surface area contributed by atoms with Crippen LogP contribution in [0, 0.1) is 0 Å². The van der Waals surface area contributed by atoms with E-state index in [0.29, 0.717) is 6.54 Å². The van der Waals surface area contributed by atoms with Crippen molar-refractivity contribution in [3.8, 4) is 0 Å². The van der Waals surface area contributed by atoms with Crippen LogP contribution in [0.4, 0.5) is 0 Å². The van der Waals surface area contributed by atoms with E-state index in [2.05, 4.69) is 27.8 Å². The van der Waals surface area contributed by atoms with Crippen LogP contribution in [-0.4, -0.2) is 24.5 Å². The molecule has 0 aliphatic carbocycles. The number of rotatable bonds is 5. The standard InChI is InChI=1S/C11H16BrClN2/c1-2-15(6-5-14)8-9-7-10(13)3-4-11(9)12/h3-4,7H,2,5-6,8,14H2,1H3. The molecule has 2 N–H and O–H groups in total. The summed E-state index contributed by atoms with van der Waals surface area (Å²) in [4.78, 5) is 2.29. The van der Waals surface area contributed by atoms with Gasteiger partial charge < -0.3 is 5.73 Å². The van der Waals surface area contributed by atoms with E-state index in [1.807, 2.05) is 18.2 Å². The summed E-state index contributed by atoms with van der Waals surface area (Å²) in [6.45, 7) is 5.61. The first-order valence-corrected chi connectivity index (χ1v) is 6.20. The van der Waals surface area contributed by atoms with E-state index >= 15 is 0 Å². The van der Waals surface area contributed by atoms with Gasteiger partial charge >= 0.3 is 0 Å². The minimum atomic E-state index is 0.687. The van der Waals surface area contributed by atoms with E-state index in [1.165, 1.54) is 5.56 Å². The third-order valence-corrected chi connectivity index (χ3v) is 3.30. The lowest BCUT2D eigenvalue weighted by Gasteiger charge is -2.20. The Hall–Kier alpha value is -0.0900. The van der Waals surface area contributed by atoms with Gasteiger partial charge in [0, 0.05) is 29.1 Å². The fourth-order valence-electron chi connectivity index (χ4n) is 1.44. The van der Waals surface area contributed by atoms with Gasteiger partial charge in [-0.3, -0.25) is 4.90 Å². The van der Waals surface area contributed by atoms with Crippen molar-refractivity contribution in [2.75, 3.05) is 19.6 Å². The summed E-state index contributed by atoms with van der Waals surface area (Å²) in [6.07, 6.45) is 0. The maximum Gasteiger partial charge on any atom is 0.0410 e. The Balaban J connectivity index is 2.73. The van der Waals surface area contributed by atoms with Crippen molar-refractivity contribution < 1.29 is 0 Å². The highest BCUT2D eigenvalue weighted by atomic mass is 79.9. The highest BCUT2D eigenvalue weighted by Gasteiger charge is 2.06. The number of nitrogens with zero attached hydrogens (tertiary/aromatic N) is 1. The van der Waals surface area contributed by atoms with Crippen molar-refractivity contribution >= 4 is 27.5 Å². The van der Waals surface area contributed by atoms with E-state index in [-0.39, 0.29) is 0 Å². The second kappa shape index (κ2) is 6.48. The van der Waals surface area contributed by atoms with Gasteiger partial charge in [-0.1, -0.05) is 34.5 Å². The van der Waals surface area contributed by atoms with E-state index in [4.69, 9.17) is 17.3 Å². The second-order valence-electron chi connectivity index (χ2n) is 3.39. The van der Waals surface area contributed by atoms with Gasteiger partial charge in [0.15, 0.2) is 0 Å². The summed E-state index contributed by atoms with van der Waals surface area (Å²) in [5, 5.41) is 0.775. The van der Waals surface area contributed by atoms with Crippen molar-refractivity contribution in [3.63, 3.8) is 0 Å². The molecule has 0 heterocycles. The van der Waals surface area contributed by atoms with Gasteiger partial charge in [-0.15, -0.1) is 0 Å². The maximum absolute atomic E-state index is 5.96. The molecule has 0 spiro atoms. The lowest BCUT2D eigenvalue weighted by Crippen LogP contribution is -2.28. The van der Waals surface area contributed by atoms with Gasteiger partial charge in [-0.25, -0.2) is 0 Å². The molecular weight excluding hydrogens is 275 g/mol. The Morgan fingerprint density at radius 3 is 2.80 bits per heavy atom. The monoisotopic (exact) mass is 290 g/mol. The molecule has 0 saturated carbocycles. The molecule has 0 fully saturated rings. The largest absolute Gasteiger partial charge is 0.329 e. The molecule has 4 heteroatoms. The predicted octanol–water partition coefficient (Wildman–Crippen LogP) is 2.88. The normalized spacial score (nSPS) is 11.0. The third kappa shape index (κ3) is 4.11. The first-order valence-electron chi connectivity index (χ1n) is 5.03. The van der Waals surface area contributed by atoms with Gasteiger partial charge in [0.05, 0.1) is 0 Å². The number of halogens is 2. The summed E-state index contributed by atoms with van der Waals surface area (Å²) in [7, 11) is 0. The van der Waals surface area contributed by atoms with Crippen LogP contribution in [0.25, 0.3) is 0 Å². The summed E-state index contributed by atoms with van der Waals surface area (Å²) in [5.74, 6) is 0. The van der Waals surface area contributed by atoms with Gasteiger partial charge in [-0.05, 0) is 30.3 Å².